The number of ether oxygens (including phenoxy) is 2. The maximum Gasteiger partial charge on any atom is 0.338 e. The molecular weight excluding hydrogens is 516 g/mol. The number of aliphatic hydroxyl groups excluding tert-OH is 1. The first kappa shape index (κ1) is 27.9. The van der Waals surface area contributed by atoms with Crippen molar-refractivity contribution in [3.8, 4) is 0 Å². The van der Waals surface area contributed by atoms with Crippen LogP contribution in [-0.4, -0.2) is 79.3 Å². The molecule has 1 saturated heterocycles. The number of esters is 1. The van der Waals surface area contributed by atoms with Gasteiger partial charge in [0, 0.05) is 25.0 Å². The molecule has 3 heterocycles. The van der Waals surface area contributed by atoms with E-state index in [2.05, 4.69) is 25.2 Å². The van der Waals surface area contributed by atoms with Gasteiger partial charge in [0.25, 0.3) is 5.56 Å². The lowest BCUT2D eigenvalue weighted by atomic mass is 9.92. The molecule has 2 aliphatic rings. The third-order valence-corrected chi connectivity index (χ3v) is 7.63. The Hall–Kier alpha value is -3.61. The molecule has 12 heteroatoms. The Morgan fingerprint density at radius 2 is 1.98 bits per heavy atom. The summed E-state index contributed by atoms with van der Waals surface area (Å²) in [5, 5.41) is 13.3. The maximum atomic E-state index is 12.8. The van der Waals surface area contributed by atoms with Crippen LogP contribution in [-0.2, 0) is 14.3 Å². The number of nitrogens with one attached hydrogen (secondary N) is 2. The Morgan fingerprint density at radius 3 is 2.67 bits per heavy atom. The highest BCUT2D eigenvalue weighted by atomic mass is 16.6. The molecule has 3 aromatic rings. The van der Waals surface area contributed by atoms with Crippen LogP contribution >= 0.6 is 0 Å². The number of rotatable bonds is 8. The van der Waals surface area contributed by atoms with Crippen molar-refractivity contribution in [3.05, 3.63) is 52.6 Å². The van der Waals surface area contributed by atoms with Crippen molar-refractivity contribution in [2.24, 2.45) is 5.92 Å². The summed E-state index contributed by atoms with van der Waals surface area (Å²) in [5.74, 6) is -1.08. The van der Waals surface area contributed by atoms with Crippen LogP contribution < -0.4 is 10.9 Å². The third kappa shape index (κ3) is 5.93. The van der Waals surface area contributed by atoms with Gasteiger partial charge in [-0.15, -0.1) is 0 Å². The van der Waals surface area contributed by atoms with Crippen molar-refractivity contribution in [3.63, 3.8) is 0 Å². The monoisotopic (exact) mass is 552 g/mol. The van der Waals surface area contributed by atoms with Crippen molar-refractivity contribution in [1.29, 1.82) is 0 Å². The number of hydrogen-bond donors (Lipinski definition) is 3. The molecule has 0 unspecified atom stereocenters. The zero-order chi connectivity index (χ0) is 28.3. The standard InChI is InChI=1S/C28H36N6O6/c1-18(2)24(36)31-27-30-23-22(25(37)32-27)29-17-34(23)21-13-33(20-11-7-4-8-12-20)14-28(15-35,40-21)16-39-26(38)19-9-5-3-6-10-19/h3,5-6,9-10,17-18,20-21,35H,4,7-8,11-16H2,1-2H3,(H2,30,31,32,36,37)/t21-,28-/m1/s1. The van der Waals surface area contributed by atoms with E-state index in [0.717, 1.165) is 25.7 Å². The number of amides is 1. The van der Waals surface area contributed by atoms with E-state index in [0.29, 0.717) is 18.7 Å². The fraction of sp³-hybridized carbons (Fsp3) is 0.536. The first-order chi connectivity index (χ1) is 19.3. The highest BCUT2D eigenvalue weighted by Crippen LogP contribution is 2.34. The number of benzene rings is 1. The van der Waals surface area contributed by atoms with E-state index in [9.17, 15) is 19.5 Å². The third-order valence-electron chi connectivity index (χ3n) is 7.63. The summed E-state index contributed by atoms with van der Waals surface area (Å²) in [6.45, 7) is 3.78. The number of morpholine rings is 1. The number of aromatic amines is 1. The lowest BCUT2D eigenvalue weighted by molar-refractivity contribution is -0.219. The summed E-state index contributed by atoms with van der Waals surface area (Å²) in [4.78, 5) is 51.4. The number of fused-ring (bicyclic) bond motifs is 1. The van der Waals surface area contributed by atoms with Gasteiger partial charge in [0.15, 0.2) is 11.2 Å². The van der Waals surface area contributed by atoms with E-state index in [1.165, 1.54) is 12.7 Å². The summed E-state index contributed by atoms with van der Waals surface area (Å²) in [6, 6.07) is 8.95. The van der Waals surface area contributed by atoms with Crippen LogP contribution in [0.4, 0.5) is 5.95 Å². The normalized spacial score (nSPS) is 22.4. The molecule has 12 nitrogen and oxygen atoms in total. The van der Waals surface area contributed by atoms with Crippen LogP contribution in [0.1, 0.15) is 62.5 Å². The van der Waals surface area contributed by atoms with Crippen molar-refractivity contribution < 1.29 is 24.2 Å². The van der Waals surface area contributed by atoms with Gasteiger partial charge in [-0.05, 0) is 25.0 Å². The average Bonchev–Trinajstić information content (AvgIpc) is 3.41. The number of H-pyrrole nitrogens is 1. The Kier molecular flexibility index (Phi) is 8.29. The van der Waals surface area contributed by atoms with Gasteiger partial charge in [0.05, 0.1) is 18.5 Å². The molecule has 2 fully saturated rings. The molecule has 1 aromatic carbocycles. The number of anilines is 1. The van der Waals surface area contributed by atoms with E-state index in [-0.39, 0.29) is 48.2 Å². The van der Waals surface area contributed by atoms with Crippen LogP contribution in [0.2, 0.25) is 0 Å². The largest absolute Gasteiger partial charge is 0.459 e. The van der Waals surface area contributed by atoms with Crippen molar-refractivity contribution in [2.75, 3.05) is 31.6 Å². The van der Waals surface area contributed by atoms with E-state index in [4.69, 9.17) is 9.47 Å². The zero-order valence-electron chi connectivity index (χ0n) is 22.8. The SMILES string of the molecule is CC(C)C(=O)Nc1nc2c(ncn2[C@H]2CN(C3CCCCC3)C[C@@](CO)(COC(=O)c3ccccc3)O2)c(=O)[nH]1. The summed E-state index contributed by atoms with van der Waals surface area (Å²) < 4.78 is 13.8. The molecule has 2 atom stereocenters. The van der Waals surface area contributed by atoms with Crippen LogP contribution in [0.3, 0.4) is 0 Å². The Bertz CT molecular complexity index is 1400. The molecule has 40 heavy (non-hydrogen) atoms. The van der Waals surface area contributed by atoms with Crippen molar-refractivity contribution in [1.82, 2.24) is 24.4 Å². The molecule has 1 aliphatic heterocycles. The van der Waals surface area contributed by atoms with Gasteiger partial charge in [0.2, 0.25) is 11.9 Å². The van der Waals surface area contributed by atoms with Gasteiger partial charge in [0.1, 0.15) is 18.4 Å². The summed E-state index contributed by atoms with van der Waals surface area (Å²) in [6.07, 6.45) is 6.25. The molecular formula is C28H36N6O6. The van der Waals surface area contributed by atoms with Gasteiger partial charge < -0.3 is 14.6 Å². The second-order valence-corrected chi connectivity index (χ2v) is 11.0. The lowest BCUT2D eigenvalue weighted by Crippen LogP contribution is -2.60. The molecule has 1 aliphatic carbocycles. The Labute approximate surface area is 231 Å². The van der Waals surface area contributed by atoms with Gasteiger partial charge in [-0.2, -0.15) is 4.98 Å². The molecule has 1 saturated carbocycles. The topological polar surface area (TPSA) is 152 Å². The van der Waals surface area contributed by atoms with E-state index in [1.54, 1.807) is 42.7 Å². The second kappa shape index (κ2) is 11.9. The quantitative estimate of drug-likeness (QED) is 0.358. The smallest absolute Gasteiger partial charge is 0.338 e. The van der Waals surface area contributed by atoms with Crippen molar-refractivity contribution in [2.45, 2.75) is 63.8 Å². The minimum atomic E-state index is -1.21. The average molecular weight is 553 g/mol. The molecule has 214 valence electrons. The fourth-order valence-corrected chi connectivity index (χ4v) is 5.39. The van der Waals surface area contributed by atoms with Crippen LogP contribution in [0.5, 0.6) is 0 Å². The van der Waals surface area contributed by atoms with Gasteiger partial charge in [-0.3, -0.25) is 29.4 Å². The minimum Gasteiger partial charge on any atom is -0.459 e. The number of aliphatic hydroxyl groups is 1. The van der Waals surface area contributed by atoms with E-state index >= 15 is 0 Å². The molecule has 5 rings (SSSR count). The molecule has 1 amide bonds. The predicted molar refractivity (Wildman–Crippen MR) is 147 cm³/mol. The molecule has 0 spiro atoms. The summed E-state index contributed by atoms with van der Waals surface area (Å²) in [5.41, 5.74) is -0.949. The number of carbonyl (C=O) groups excluding carboxylic acids is 2. The van der Waals surface area contributed by atoms with Crippen LogP contribution in [0.25, 0.3) is 11.2 Å². The number of imidazole rings is 1. The Morgan fingerprint density at radius 1 is 1.23 bits per heavy atom. The second-order valence-electron chi connectivity index (χ2n) is 11.0. The van der Waals surface area contributed by atoms with Gasteiger partial charge in [-0.25, -0.2) is 9.78 Å². The molecule has 0 radical (unpaired) electrons. The highest BCUT2D eigenvalue weighted by molar-refractivity contribution is 5.91. The number of hydrogen-bond acceptors (Lipinski definition) is 9. The lowest BCUT2D eigenvalue weighted by Gasteiger charge is -2.48. The predicted octanol–water partition coefficient (Wildman–Crippen LogP) is 2.47. The van der Waals surface area contributed by atoms with E-state index in [1.807, 2.05) is 6.07 Å². The Balaban J connectivity index is 1.46. The van der Waals surface area contributed by atoms with E-state index < -0.39 is 23.4 Å². The summed E-state index contributed by atoms with van der Waals surface area (Å²) in [7, 11) is 0. The number of carbonyl (C=O) groups is 2. The minimum absolute atomic E-state index is 0.0168. The van der Waals surface area contributed by atoms with Crippen LogP contribution in [0.15, 0.2) is 41.5 Å². The number of aromatic nitrogens is 4. The molecule has 0 bridgehead atoms. The van der Waals surface area contributed by atoms with Gasteiger partial charge >= 0.3 is 5.97 Å². The fourth-order valence-electron chi connectivity index (χ4n) is 5.39. The summed E-state index contributed by atoms with van der Waals surface area (Å²) >= 11 is 0. The van der Waals surface area contributed by atoms with Gasteiger partial charge in [-0.1, -0.05) is 51.3 Å². The maximum absolute atomic E-state index is 12.8. The number of nitrogens with zero attached hydrogens (tertiary/aromatic N) is 4. The zero-order valence-corrected chi connectivity index (χ0v) is 22.8. The molecule has 2 aromatic heterocycles. The first-order valence-corrected chi connectivity index (χ1v) is 13.8. The van der Waals surface area contributed by atoms with Crippen LogP contribution in [0, 0.1) is 5.92 Å². The first-order valence-electron chi connectivity index (χ1n) is 13.8. The highest BCUT2D eigenvalue weighted by Gasteiger charge is 2.45. The van der Waals surface area contributed by atoms with Crippen molar-refractivity contribution >= 4 is 29.0 Å². The molecule has 3 N–H and O–H groups in total.